The fourth-order valence-electron chi connectivity index (χ4n) is 2.41. The van der Waals surface area contributed by atoms with Gasteiger partial charge in [0.1, 0.15) is 0 Å². The fourth-order valence-corrected chi connectivity index (χ4v) is 3.30. The van der Waals surface area contributed by atoms with E-state index in [1.807, 2.05) is 13.0 Å². The smallest absolute Gasteiger partial charge is 0.176 e. The van der Waals surface area contributed by atoms with Gasteiger partial charge in [0.15, 0.2) is 15.5 Å². The van der Waals surface area contributed by atoms with Gasteiger partial charge in [-0.1, -0.05) is 18.2 Å². The van der Waals surface area contributed by atoms with E-state index in [2.05, 4.69) is 10.1 Å². The van der Waals surface area contributed by atoms with Crippen LogP contribution in [0.2, 0.25) is 0 Å². The van der Waals surface area contributed by atoms with Crippen molar-refractivity contribution in [1.82, 2.24) is 14.6 Å². The Kier molecular flexibility index (Phi) is 3.46. The van der Waals surface area contributed by atoms with Crippen LogP contribution in [0.1, 0.15) is 18.5 Å². The lowest BCUT2D eigenvalue weighted by atomic mass is 10.0. The van der Waals surface area contributed by atoms with Gasteiger partial charge in [0.25, 0.3) is 0 Å². The van der Waals surface area contributed by atoms with E-state index >= 15 is 0 Å². The Balaban J connectivity index is 2.37. The number of aromatic nitrogens is 3. The molecule has 0 aliphatic rings. The van der Waals surface area contributed by atoms with Crippen LogP contribution in [0.15, 0.2) is 47.6 Å². The van der Waals surface area contributed by atoms with E-state index in [-0.39, 0.29) is 10.9 Å². The second-order valence-electron chi connectivity index (χ2n) is 5.24. The van der Waals surface area contributed by atoms with Gasteiger partial charge in [0.05, 0.1) is 10.6 Å². The number of rotatable bonds is 3. The van der Waals surface area contributed by atoms with Crippen molar-refractivity contribution in [1.29, 1.82) is 0 Å². The molecule has 2 N–H and O–H groups in total. The van der Waals surface area contributed by atoms with Crippen molar-refractivity contribution >= 4 is 15.5 Å². The van der Waals surface area contributed by atoms with E-state index < -0.39 is 9.84 Å². The zero-order chi connectivity index (χ0) is 15.9. The van der Waals surface area contributed by atoms with Crippen LogP contribution in [0.5, 0.6) is 0 Å². The van der Waals surface area contributed by atoms with Gasteiger partial charge in [-0.2, -0.15) is 5.10 Å². The molecule has 0 saturated heterocycles. The van der Waals surface area contributed by atoms with Crippen molar-refractivity contribution in [2.24, 2.45) is 5.73 Å². The molecule has 22 heavy (non-hydrogen) atoms. The lowest BCUT2D eigenvalue weighted by molar-refractivity contribution is 0.602. The van der Waals surface area contributed by atoms with Gasteiger partial charge in [-0.3, -0.25) is 0 Å². The third kappa shape index (κ3) is 2.49. The Hall–Kier alpha value is -2.25. The molecule has 2 aromatic heterocycles. The number of benzene rings is 1. The van der Waals surface area contributed by atoms with Gasteiger partial charge >= 0.3 is 0 Å². The van der Waals surface area contributed by atoms with Crippen molar-refractivity contribution in [3.05, 3.63) is 48.3 Å². The van der Waals surface area contributed by atoms with Gasteiger partial charge in [-0.05, 0) is 19.1 Å². The first-order chi connectivity index (χ1) is 10.4. The molecule has 0 bridgehead atoms. The number of nitrogens with two attached hydrogens (primary N) is 1. The predicted octanol–water partition coefficient (Wildman–Crippen LogP) is 1.82. The van der Waals surface area contributed by atoms with Crippen LogP contribution in [0, 0.1) is 0 Å². The summed E-state index contributed by atoms with van der Waals surface area (Å²) in [4.78, 5) is 4.43. The first-order valence-electron chi connectivity index (χ1n) is 6.77. The minimum absolute atomic E-state index is 0.240. The Morgan fingerprint density at radius 3 is 2.68 bits per heavy atom. The third-order valence-electron chi connectivity index (χ3n) is 3.45. The van der Waals surface area contributed by atoms with E-state index in [1.54, 1.807) is 41.2 Å². The van der Waals surface area contributed by atoms with Crippen LogP contribution in [0.25, 0.3) is 16.9 Å². The van der Waals surface area contributed by atoms with Crippen LogP contribution < -0.4 is 5.73 Å². The quantitative estimate of drug-likeness (QED) is 0.796. The molecule has 0 fully saturated rings. The highest BCUT2D eigenvalue weighted by Gasteiger charge is 2.20. The molecule has 0 amide bonds. The van der Waals surface area contributed by atoms with E-state index in [4.69, 9.17) is 5.73 Å². The largest absolute Gasteiger partial charge is 0.324 e. The summed E-state index contributed by atoms with van der Waals surface area (Å²) < 4.78 is 25.7. The summed E-state index contributed by atoms with van der Waals surface area (Å²) in [6, 6.07) is 8.35. The highest BCUT2D eigenvalue weighted by molar-refractivity contribution is 7.90. The van der Waals surface area contributed by atoms with Crippen molar-refractivity contribution < 1.29 is 8.42 Å². The third-order valence-corrected chi connectivity index (χ3v) is 4.60. The topological polar surface area (TPSA) is 90.3 Å². The molecule has 1 atom stereocenters. The monoisotopic (exact) mass is 316 g/mol. The number of hydrogen-bond acceptors (Lipinski definition) is 5. The average Bonchev–Trinajstić information content (AvgIpc) is 2.92. The maximum Gasteiger partial charge on any atom is 0.176 e. The summed E-state index contributed by atoms with van der Waals surface area (Å²) in [6.07, 6.45) is 4.54. The minimum atomic E-state index is -3.37. The summed E-state index contributed by atoms with van der Waals surface area (Å²) in [5.74, 6) is 0. The second kappa shape index (κ2) is 5.19. The number of imidazole rings is 1. The standard InChI is InChI=1S/C15H16N4O2S/c1-10(16)12-9-14-17-7-8-19(14)18-15(12)11-5-3-4-6-13(11)22(2,20)21/h3-10H,16H2,1-2H3/t10-/m0/s1. The van der Waals surface area contributed by atoms with Gasteiger partial charge in [-0.15, -0.1) is 0 Å². The Bertz CT molecular complexity index is 945. The molecule has 0 aliphatic carbocycles. The highest BCUT2D eigenvalue weighted by atomic mass is 32.2. The molecule has 0 saturated carbocycles. The highest BCUT2D eigenvalue weighted by Crippen LogP contribution is 2.31. The average molecular weight is 316 g/mol. The summed E-state index contributed by atoms with van der Waals surface area (Å²) in [5, 5.41) is 4.51. The second-order valence-corrected chi connectivity index (χ2v) is 7.22. The predicted molar refractivity (Wildman–Crippen MR) is 84.1 cm³/mol. The lowest BCUT2D eigenvalue weighted by Gasteiger charge is -2.14. The molecule has 1 aromatic carbocycles. The first kappa shape index (κ1) is 14.7. The van der Waals surface area contributed by atoms with Crippen LogP contribution >= 0.6 is 0 Å². The summed E-state index contributed by atoms with van der Waals surface area (Å²) in [6.45, 7) is 1.84. The molecule has 3 rings (SSSR count). The Labute approximate surface area is 128 Å². The first-order valence-corrected chi connectivity index (χ1v) is 8.66. The molecule has 7 heteroatoms. The lowest BCUT2D eigenvalue weighted by Crippen LogP contribution is -2.11. The SMILES string of the molecule is C[C@H](N)c1cc2nccn2nc1-c1ccccc1S(C)(=O)=O. The number of nitrogens with zero attached hydrogens (tertiary/aromatic N) is 3. The van der Waals surface area contributed by atoms with Gasteiger partial charge in [0.2, 0.25) is 0 Å². The zero-order valence-electron chi connectivity index (χ0n) is 12.3. The van der Waals surface area contributed by atoms with E-state index in [1.165, 1.54) is 6.26 Å². The molecule has 114 valence electrons. The number of sulfone groups is 1. The van der Waals surface area contributed by atoms with E-state index in [0.29, 0.717) is 16.9 Å². The van der Waals surface area contributed by atoms with Gasteiger partial charge < -0.3 is 5.73 Å². The summed E-state index contributed by atoms with van der Waals surface area (Å²) >= 11 is 0. The normalized spacial score (nSPS) is 13.4. The molecular weight excluding hydrogens is 300 g/mol. The zero-order valence-corrected chi connectivity index (χ0v) is 13.1. The molecule has 0 aliphatic heterocycles. The van der Waals surface area contributed by atoms with Crippen LogP contribution in [0.3, 0.4) is 0 Å². The Morgan fingerprint density at radius 2 is 2.00 bits per heavy atom. The van der Waals surface area contributed by atoms with Crippen molar-refractivity contribution in [3.8, 4) is 11.3 Å². The van der Waals surface area contributed by atoms with Gasteiger partial charge in [-0.25, -0.2) is 17.9 Å². The Morgan fingerprint density at radius 1 is 1.27 bits per heavy atom. The molecule has 3 aromatic rings. The van der Waals surface area contributed by atoms with Crippen molar-refractivity contribution in [2.75, 3.05) is 6.26 Å². The number of hydrogen-bond donors (Lipinski definition) is 1. The fraction of sp³-hybridized carbons (Fsp3) is 0.200. The molecule has 0 unspecified atom stereocenters. The van der Waals surface area contributed by atoms with Crippen molar-refractivity contribution in [3.63, 3.8) is 0 Å². The maximum atomic E-state index is 12.0. The molecule has 2 heterocycles. The maximum absolute atomic E-state index is 12.0. The van der Waals surface area contributed by atoms with Crippen molar-refractivity contribution in [2.45, 2.75) is 17.9 Å². The van der Waals surface area contributed by atoms with E-state index in [9.17, 15) is 8.42 Å². The molecular formula is C15H16N4O2S. The molecule has 6 nitrogen and oxygen atoms in total. The molecule has 0 radical (unpaired) electrons. The van der Waals surface area contributed by atoms with Crippen LogP contribution in [-0.4, -0.2) is 29.3 Å². The summed E-state index contributed by atoms with van der Waals surface area (Å²) in [5.41, 5.74) is 8.58. The van der Waals surface area contributed by atoms with E-state index in [0.717, 1.165) is 5.56 Å². The van der Waals surface area contributed by atoms with Gasteiger partial charge in [0, 0.05) is 35.8 Å². The van der Waals surface area contributed by atoms with Crippen LogP contribution in [-0.2, 0) is 9.84 Å². The molecule has 0 spiro atoms. The van der Waals surface area contributed by atoms with Crippen LogP contribution in [0.4, 0.5) is 0 Å². The number of fused-ring (bicyclic) bond motifs is 1. The summed E-state index contributed by atoms with van der Waals surface area (Å²) in [7, 11) is -3.37. The minimum Gasteiger partial charge on any atom is -0.324 e.